The Labute approximate surface area is 143 Å². The first-order valence-corrected chi connectivity index (χ1v) is 8.14. The summed E-state index contributed by atoms with van der Waals surface area (Å²) in [4.78, 5) is 0. The first-order valence-electron chi connectivity index (χ1n) is 6.59. The Balaban J connectivity index is 2.07. The van der Waals surface area contributed by atoms with Gasteiger partial charge in [0.05, 0.1) is 11.1 Å². The maximum absolute atomic E-state index is 6.22. The molecule has 2 aromatic carbocycles. The molecule has 1 N–H and O–H groups in total. The summed E-state index contributed by atoms with van der Waals surface area (Å²) in [7, 11) is 0. The lowest BCUT2D eigenvalue weighted by Gasteiger charge is -2.13. The average molecular weight is 389 g/mol. The van der Waals surface area contributed by atoms with Crippen molar-refractivity contribution in [3.8, 4) is 5.75 Å². The van der Waals surface area contributed by atoms with Crippen LogP contribution in [0.15, 0.2) is 40.9 Å². The fraction of sp³-hybridized carbons (Fsp3) is 0.250. The van der Waals surface area contributed by atoms with Crippen LogP contribution in [0.3, 0.4) is 0 Å². The van der Waals surface area contributed by atoms with E-state index in [2.05, 4.69) is 21.2 Å². The minimum absolute atomic E-state index is 0.101. The molecule has 0 bridgehead atoms. The Morgan fingerprint density at radius 3 is 2.57 bits per heavy atom. The van der Waals surface area contributed by atoms with Gasteiger partial charge in [-0.1, -0.05) is 39.1 Å². The molecular formula is C16H16BrCl2NO. The fourth-order valence-corrected chi connectivity index (χ4v) is 2.64. The van der Waals surface area contributed by atoms with E-state index in [-0.39, 0.29) is 6.10 Å². The molecule has 2 nitrogen and oxygen atoms in total. The molecule has 21 heavy (non-hydrogen) atoms. The summed E-state index contributed by atoms with van der Waals surface area (Å²) < 4.78 is 6.63. The number of rotatable bonds is 5. The number of halogens is 3. The molecule has 0 aromatic heterocycles. The molecule has 112 valence electrons. The molecule has 0 atom stereocenters. The van der Waals surface area contributed by atoms with Crippen molar-refractivity contribution < 1.29 is 4.74 Å². The zero-order chi connectivity index (χ0) is 15.4. The summed E-state index contributed by atoms with van der Waals surface area (Å²) in [6.45, 7) is 4.60. The zero-order valence-electron chi connectivity index (χ0n) is 11.8. The first kappa shape index (κ1) is 16.5. The molecule has 0 radical (unpaired) electrons. The van der Waals surface area contributed by atoms with Gasteiger partial charge in [-0.3, -0.25) is 0 Å². The van der Waals surface area contributed by atoms with E-state index >= 15 is 0 Å². The third-order valence-electron chi connectivity index (χ3n) is 2.79. The van der Waals surface area contributed by atoms with Crippen LogP contribution in [0.1, 0.15) is 19.4 Å². The smallest absolute Gasteiger partial charge is 0.138 e. The van der Waals surface area contributed by atoms with Gasteiger partial charge in [0.25, 0.3) is 0 Å². The Morgan fingerprint density at radius 2 is 1.90 bits per heavy atom. The third-order valence-corrected chi connectivity index (χ3v) is 4.09. The Hall–Kier alpha value is -0.900. The van der Waals surface area contributed by atoms with E-state index in [9.17, 15) is 0 Å². The van der Waals surface area contributed by atoms with Gasteiger partial charge < -0.3 is 10.1 Å². The number of hydrogen-bond donors (Lipinski definition) is 1. The van der Waals surface area contributed by atoms with Gasteiger partial charge in [-0.2, -0.15) is 0 Å². The molecular weight excluding hydrogens is 373 g/mol. The predicted molar refractivity (Wildman–Crippen MR) is 93.7 cm³/mol. The SMILES string of the molecule is CC(C)Oc1ccc(NCc2cc(Cl)ccc2Br)cc1Cl. The maximum Gasteiger partial charge on any atom is 0.138 e. The van der Waals surface area contributed by atoms with E-state index in [4.69, 9.17) is 27.9 Å². The molecule has 0 aliphatic carbocycles. The van der Waals surface area contributed by atoms with Crippen molar-refractivity contribution in [2.75, 3.05) is 5.32 Å². The van der Waals surface area contributed by atoms with Crippen LogP contribution in [0.4, 0.5) is 5.69 Å². The van der Waals surface area contributed by atoms with Crippen LogP contribution in [-0.2, 0) is 6.54 Å². The van der Waals surface area contributed by atoms with E-state index in [0.717, 1.165) is 15.7 Å². The second-order valence-electron chi connectivity index (χ2n) is 4.90. The van der Waals surface area contributed by atoms with Crippen molar-refractivity contribution in [3.63, 3.8) is 0 Å². The number of anilines is 1. The van der Waals surface area contributed by atoms with Crippen LogP contribution in [0.5, 0.6) is 5.75 Å². The molecule has 0 spiro atoms. The van der Waals surface area contributed by atoms with Gasteiger partial charge in [0.2, 0.25) is 0 Å². The largest absolute Gasteiger partial charge is 0.489 e. The van der Waals surface area contributed by atoms with Crippen molar-refractivity contribution in [2.45, 2.75) is 26.5 Å². The van der Waals surface area contributed by atoms with E-state index in [1.165, 1.54) is 0 Å². The summed E-state index contributed by atoms with van der Waals surface area (Å²) in [6, 6.07) is 11.4. The quantitative estimate of drug-likeness (QED) is 0.662. The van der Waals surface area contributed by atoms with Gasteiger partial charge in [0.15, 0.2) is 0 Å². The van der Waals surface area contributed by atoms with Crippen molar-refractivity contribution in [3.05, 3.63) is 56.5 Å². The van der Waals surface area contributed by atoms with Crippen LogP contribution in [-0.4, -0.2) is 6.10 Å². The molecule has 5 heteroatoms. The Bertz CT molecular complexity index is 632. The summed E-state index contributed by atoms with van der Waals surface area (Å²) in [5.41, 5.74) is 2.02. The molecule has 0 saturated carbocycles. The van der Waals surface area contributed by atoms with Crippen molar-refractivity contribution in [1.29, 1.82) is 0 Å². The molecule has 0 aliphatic heterocycles. The standard InChI is InChI=1S/C16H16BrCl2NO/c1-10(2)21-16-6-4-13(8-15(16)19)20-9-11-7-12(18)3-5-14(11)17/h3-8,10,20H,9H2,1-2H3. The van der Waals surface area contributed by atoms with Gasteiger partial charge in [-0.15, -0.1) is 0 Å². The van der Waals surface area contributed by atoms with Gasteiger partial charge >= 0.3 is 0 Å². The van der Waals surface area contributed by atoms with Crippen molar-refractivity contribution in [2.24, 2.45) is 0 Å². The molecule has 0 aliphatic rings. The average Bonchev–Trinajstić information content (AvgIpc) is 2.42. The molecule has 0 unspecified atom stereocenters. The highest BCUT2D eigenvalue weighted by atomic mass is 79.9. The minimum atomic E-state index is 0.101. The topological polar surface area (TPSA) is 21.3 Å². The number of nitrogens with one attached hydrogen (secondary N) is 1. The number of benzene rings is 2. The maximum atomic E-state index is 6.22. The lowest BCUT2D eigenvalue weighted by atomic mass is 10.2. The van der Waals surface area contributed by atoms with Crippen LogP contribution in [0, 0.1) is 0 Å². The molecule has 0 heterocycles. The van der Waals surface area contributed by atoms with E-state index in [1.54, 1.807) is 0 Å². The first-order chi connectivity index (χ1) is 9.95. The van der Waals surface area contributed by atoms with Crippen LogP contribution in [0.2, 0.25) is 10.0 Å². The Morgan fingerprint density at radius 1 is 1.14 bits per heavy atom. The lowest BCUT2D eigenvalue weighted by Crippen LogP contribution is -2.06. The monoisotopic (exact) mass is 387 g/mol. The lowest BCUT2D eigenvalue weighted by molar-refractivity contribution is 0.242. The minimum Gasteiger partial charge on any atom is -0.489 e. The van der Waals surface area contributed by atoms with E-state index < -0.39 is 0 Å². The predicted octanol–water partition coefficient (Wildman–Crippen LogP) is 6.16. The highest BCUT2D eigenvalue weighted by Crippen LogP contribution is 2.29. The third kappa shape index (κ3) is 4.80. The highest BCUT2D eigenvalue weighted by Gasteiger charge is 2.06. The van der Waals surface area contributed by atoms with E-state index in [1.807, 2.05) is 50.2 Å². The van der Waals surface area contributed by atoms with Crippen LogP contribution < -0.4 is 10.1 Å². The summed E-state index contributed by atoms with van der Waals surface area (Å²) in [6.07, 6.45) is 0.101. The van der Waals surface area contributed by atoms with Crippen LogP contribution >= 0.6 is 39.1 Å². The van der Waals surface area contributed by atoms with E-state index in [0.29, 0.717) is 22.3 Å². The molecule has 0 amide bonds. The fourth-order valence-electron chi connectivity index (χ4n) is 1.84. The van der Waals surface area contributed by atoms with Crippen molar-refractivity contribution >= 4 is 44.8 Å². The molecule has 2 aromatic rings. The van der Waals surface area contributed by atoms with Gasteiger partial charge in [-0.25, -0.2) is 0 Å². The molecule has 0 fully saturated rings. The van der Waals surface area contributed by atoms with Gasteiger partial charge in [0, 0.05) is 21.7 Å². The number of ether oxygens (including phenoxy) is 1. The summed E-state index contributed by atoms with van der Waals surface area (Å²) >= 11 is 15.7. The zero-order valence-corrected chi connectivity index (χ0v) is 14.9. The summed E-state index contributed by atoms with van der Waals surface area (Å²) in [5.74, 6) is 0.696. The van der Waals surface area contributed by atoms with Crippen LogP contribution in [0.25, 0.3) is 0 Å². The van der Waals surface area contributed by atoms with Gasteiger partial charge in [0.1, 0.15) is 5.75 Å². The normalized spacial score (nSPS) is 10.8. The molecule has 0 saturated heterocycles. The molecule has 2 rings (SSSR count). The Kier molecular flexibility index (Phi) is 5.80. The highest BCUT2D eigenvalue weighted by molar-refractivity contribution is 9.10. The van der Waals surface area contributed by atoms with Crippen molar-refractivity contribution in [1.82, 2.24) is 0 Å². The number of hydrogen-bond acceptors (Lipinski definition) is 2. The van der Waals surface area contributed by atoms with Gasteiger partial charge in [-0.05, 0) is 55.8 Å². The second-order valence-corrected chi connectivity index (χ2v) is 6.60. The summed E-state index contributed by atoms with van der Waals surface area (Å²) in [5, 5.41) is 4.63. The second kappa shape index (κ2) is 7.39.